The van der Waals surface area contributed by atoms with Gasteiger partial charge in [0.15, 0.2) is 11.5 Å². The van der Waals surface area contributed by atoms with E-state index in [1.54, 1.807) is 14.2 Å². The highest BCUT2D eigenvalue weighted by atomic mass is 16.5. The van der Waals surface area contributed by atoms with Crippen molar-refractivity contribution >= 4 is 0 Å². The summed E-state index contributed by atoms with van der Waals surface area (Å²) in [5, 5.41) is 0. The highest BCUT2D eigenvalue weighted by Crippen LogP contribution is 2.37. The minimum atomic E-state index is 0.454. The van der Waals surface area contributed by atoms with Crippen LogP contribution in [0.1, 0.15) is 35.6 Å². The summed E-state index contributed by atoms with van der Waals surface area (Å²) >= 11 is 0. The van der Waals surface area contributed by atoms with Gasteiger partial charge in [0.1, 0.15) is 0 Å². The summed E-state index contributed by atoms with van der Waals surface area (Å²) in [6, 6.07) is 15.6. The Bertz CT molecular complexity index is 668. The fraction of sp³-hybridized carbons (Fsp3) is 0.400. The first-order valence-electron chi connectivity index (χ1n) is 8.23. The third-order valence-electron chi connectivity index (χ3n) is 4.62. The van der Waals surface area contributed by atoms with Crippen LogP contribution in [0.4, 0.5) is 0 Å². The molecule has 0 aliphatic carbocycles. The van der Waals surface area contributed by atoms with Crippen molar-refractivity contribution in [2.75, 3.05) is 20.8 Å². The Hall–Kier alpha value is -2.00. The van der Waals surface area contributed by atoms with E-state index in [1.807, 2.05) is 6.07 Å². The van der Waals surface area contributed by atoms with Crippen LogP contribution in [0.2, 0.25) is 0 Å². The van der Waals surface area contributed by atoms with Gasteiger partial charge in [0.2, 0.25) is 0 Å². The van der Waals surface area contributed by atoms with Crippen LogP contribution in [0, 0.1) is 6.92 Å². The fourth-order valence-corrected chi connectivity index (χ4v) is 3.50. The van der Waals surface area contributed by atoms with Crippen LogP contribution in [-0.4, -0.2) is 25.7 Å². The lowest BCUT2D eigenvalue weighted by atomic mass is 10.0. The maximum atomic E-state index is 5.46. The number of ether oxygens (including phenoxy) is 2. The minimum Gasteiger partial charge on any atom is -0.493 e. The Kier molecular flexibility index (Phi) is 4.87. The SMILES string of the molecule is COc1ccc(C2CCCN2Cc2cccc(C)c2)cc1OC. The summed E-state index contributed by atoms with van der Waals surface area (Å²) in [6.07, 6.45) is 2.44. The Morgan fingerprint density at radius 1 is 1.04 bits per heavy atom. The molecule has 0 saturated carbocycles. The molecule has 1 heterocycles. The number of hydrogen-bond acceptors (Lipinski definition) is 3. The maximum absolute atomic E-state index is 5.46. The van der Waals surface area contributed by atoms with Crippen molar-refractivity contribution in [3.8, 4) is 11.5 Å². The summed E-state index contributed by atoms with van der Waals surface area (Å²) < 4.78 is 10.8. The van der Waals surface area contributed by atoms with Crippen molar-refractivity contribution in [2.45, 2.75) is 32.4 Å². The average molecular weight is 311 g/mol. The molecular formula is C20H25NO2. The first-order valence-corrected chi connectivity index (χ1v) is 8.23. The van der Waals surface area contributed by atoms with Gasteiger partial charge in [-0.3, -0.25) is 4.90 Å². The Morgan fingerprint density at radius 2 is 1.87 bits per heavy atom. The van der Waals surface area contributed by atoms with E-state index < -0.39 is 0 Å². The van der Waals surface area contributed by atoms with E-state index in [4.69, 9.17) is 9.47 Å². The molecule has 0 bridgehead atoms. The molecule has 1 fully saturated rings. The number of hydrogen-bond donors (Lipinski definition) is 0. The molecule has 0 amide bonds. The van der Waals surface area contributed by atoms with Gasteiger partial charge in [-0.15, -0.1) is 0 Å². The predicted molar refractivity (Wildman–Crippen MR) is 93.1 cm³/mol. The van der Waals surface area contributed by atoms with Gasteiger partial charge in [0.05, 0.1) is 14.2 Å². The van der Waals surface area contributed by atoms with Crippen LogP contribution < -0.4 is 9.47 Å². The molecular weight excluding hydrogens is 286 g/mol. The van der Waals surface area contributed by atoms with E-state index in [2.05, 4.69) is 48.2 Å². The standard InChI is InChI=1S/C20H25NO2/c1-15-6-4-7-16(12-15)14-21-11-5-8-18(21)17-9-10-19(22-2)20(13-17)23-3/h4,6-7,9-10,12-13,18H,5,8,11,14H2,1-3H3. The molecule has 1 unspecified atom stereocenters. The zero-order valence-corrected chi connectivity index (χ0v) is 14.2. The minimum absolute atomic E-state index is 0.454. The normalized spacial score (nSPS) is 18.1. The van der Waals surface area contributed by atoms with E-state index in [1.165, 1.54) is 29.5 Å². The highest BCUT2D eigenvalue weighted by molar-refractivity contribution is 5.44. The largest absolute Gasteiger partial charge is 0.493 e. The van der Waals surface area contributed by atoms with Crippen LogP contribution in [0.25, 0.3) is 0 Å². The summed E-state index contributed by atoms with van der Waals surface area (Å²) in [5.74, 6) is 1.60. The van der Waals surface area contributed by atoms with Crippen LogP contribution in [0.3, 0.4) is 0 Å². The number of nitrogens with zero attached hydrogens (tertiary/aromatic N) is 1. The van der Waals surface area contributed by atoms with Crippen molar-refractivity contribution in [3.63, 3.8) is 0 Å². The zero-order chi connectivity index (χ0) is 16.2. The molecule has 3 heteroatoms. The van der Waals surface area contributed by atoms with Crippen LogP contribution in [0.15, 0.2) is 42.5 Å². The van der Waals surface area contributed by atoms with E-state index >= 15 is 0 Å². The lowest BCUT2D eigenvalue weighted by Gasteiger charge is -2.25. The van der Waals surface area contributed by atoms with Gasteiger partial charge >= 0.3 is 0 Å². The molecule has 1 saturated heterocycles. The number of rotatable bonds is 5. The average Bonchev–Trinajstić information content (AvgIpc) is 3.02. The summed E-state index contributed by atoms with van der Waals surface area (Å²) in [5.41, 5.74) is 4.02. The first kappa shape index (κ1) is 15.9. The second-order valence-corrected chi connectivity index (χ2v) is 6.23. The van der Waals surface area contributed by atoms with Gasteiger partial charge in [0.25, 0.3) is 0 Å². The second-order valence-electron chi connectivity index (χ2n) is 6.23. The van der Waals surface area contributed by atoms with Gasteiger partial charge in [-0.1, -0.05) is 35.9 Å². The van der Waals surface area contributed by atoms with Crippen molar-refractivity contribution in [1.82, 2.24) is 4.90 Å². The zero-order valence-electron chi connectivity index (χ0n) is 14.2. The molecule has 0 radical (unpaired) electrons. The summed E-state index contributed by atoms with van der Waals surface area (Å²) in [4.78, 5) is 2.57. The van der Waals surface area contributed by atoms with E-state index in [9.17, 15) is 0 Å². The number of aryl methyl sites for hydroxylation is 1. The Labute approximate surface area is 138 Å². The lowest BCUT2D eigenvalue weighted by Crippen LogP contribution is -2.22. The quantitative estimate of drug-likeness (QED) is 0.819. The molecule has 1 atom stereocenters. The topological polar surface area (TPSA) is 21.7 Å². The van der Waals surface area contributed by atoms with Gasteiger partial charge in [0, 0.05) is 12.6 Å². The van der Waals surface area contributed by atoms with Crippen LogP contribution in [0.5, 0.6) is 11.5 Å². The van der Waals surface area contributed by atoms with Crippen molar-refractivity contribution in [2.24, 2.45) is 0 Å². The first-order chi connectivity index (χ1) is 11.2. The summed E-state index contributed by atoms with van der Waals surface area (Å²) in [6.45, 7) is 4.30. The molecule has 1 aliphatic rings. The monoisotopic (exact) mass is 311 g/mol. The molecule has 2 aromatic carbocycles. The molecule has 23 heavy (non-hydrogen) atoms. The fourth-order valence-electron chi connectivity index (χ4n) is 3.50. The predicted octanol–water partition coefficient (Wildman–Crippen LogP) is 4.35. The molecule has 2 aromatic rings. The van der Waals surface area contributed by atoms with Crippen molar-refractivity contribution in [3.05, 3.63) is 59.2 Å². The van der Waals surface area contributed by atoms with Gasteiger partial charge < -0.3 is 9.47 Å². The Balaban J connectivity index is 1.81. The molecule has 3 nitrogen and oxygen atoms in total. The smallest absolute Gasteiger partial charge is 0.161 e. The number of methoxy groups -OCH3 is 2. The molecule has 0 N–H and O–H groups in total. The van der Waals surface area contributed by atoms with Crippen LogP contribution >= 0.6 is 0 Å². The number of benzene rings is 2. The van der Waals surface area contributed by atoms with Gasteiger partial charge in [-0.25, -0.2) is 0 Å². The van der Waals surface area contributed by atoms with Crippen molar-refractivity contribution < 1.29 is 9.47 Å². The maximum Gasteiger partial charge on any atom is 0.161 e. The Morgan fingerprint density at radius 3 is 2.61 bits per heavy atom. The molecule has 0 spiro atoms. The van der Waals surface area contributed by atoms with Gasteiger partial charge in [-0.05, 0) is 49.6 Å². The van der Waals surface area contributed by atoms with Gasteiger partial charge in [-0.2, -0.15) is 0 Å². The molecule has 122 valence electrons. The van der Waals surface area contributed by atoms with Crippen molar-refractivity contribution in [1.29, 1.82) is 0 Å². The third-order valence-corrected chi connectivity index (χ3v) is 4.62. The lowest BCUT2D eigenvalue weighted by molar-refractivity contribution is 0.247. The highest BCUT2D eigenvalue weighted by Gasteiger charge is 2.26. The second kappa shape index (κ2) is 7.05. The van der Waals surface area contributed by atoms with Crippen LogP contribution in [-0.2, 0) is 6.54 Å². The molecule has 3 rings (SSSR count). The van der Waals surface area contributed by atoms with E-state index in [0.29, 0.717) is 6.04 Å². The third kappa shape index (κ3) is 3.50. The summed E-state index contributed by atoms with van der Waals surface area (Å²) in [7, 11) is 3.37. The molecule has 0 aromatic heterocycles. The van der Waals surface area contributed by atoms with E-state index in [0.717, 1.165) is 24.6 Å². The van der Waals surface area contributed by atoms with E-state index in [-0.39, 0.29) is 0 Å². The number of likely N-dealkylation sites (tertiary alicyclic amines) is 1. The molecule has 1 aliphatic heterocycles.